The number of nitrogens with zero attached hydrogens (tertiary/aromatic N) is 3. The second kappa shape index (κ2) is 5.49. The monoisotopic (exact) mass is 297 g/mol. The third-order valence-electron chi connectivity index (χ3n) is 2.99. The van der Waals surface area contributed by atoms with Gasteiger partial charge >= 0.3 is 5.97 Å². The number of carboxylic acid groups (broad SMARTS) is 1. The molecule has 0 aliphatic heterocycles. The number of carboxylic acids is 1. The maximum Gasteiger partial charge on any atom is 0.335 e. The summed E-state index contributed by atoms with van der Waals surface area (Å²) in [6.07, 6.45) is 0. The van der Waals surface area contributed by atoms with E-state index in [1.165, 1.54) is 11.8 Å². The Bertz CT molecular complexity index is 836. The smallest absolute Gasteiger partial charge is 0.335 e. The Kier molecular flexibility index (Phi) is 3.53. The van der Waals surface area contributed by atoms with Gasteiger partial charge in [0.2, 0.25) is 5.16 Å². The van der Waals surface area contributed by atoms with Crippen molar-refractivity contribution in [3.05, 3.63) is 53.6 Å². The molecule has 6 heteroatoms. The SMILES string of the molecule is Cc1ccc(Sc2nnc3ccccc3n2)cc1C(=O)O. The summed E-state index contributed by atoms with van der Waals surface area (Å²) in [5, 5.41) is 17.8. The molecule has 0 amide bonds. The molecule has 0 spiro atoms. The molecule has 0 saturated heterocycles. The van der Waals surface area contributed by atoms with E-state index in [4.69, 9.17) is 5.11 Å². The molecule has 0 atom stereocenters. The Morgan fingerprint density at radius 1 is 1.10 bits per heavy atom. The average Bonchev–Trinajstić information content (AvgIpc) is 2.49. The average molecular weight is 297 g/mol. The fourth-order valence-corrected chi connectivity index (χ4v) is 2.66. The second-order valence-electron chi connectivity index (χ2n) is 4.47. The van der Waals surface area contributed by atoms with Crippen molar-refractivity contribution in [3.63, 3.8) is 0 Å². The minimum atomic E-state index is -0.937. The molecule has 0 bridgehead atoms. The maximum absolute atomic E-state index is 11.1. The van der Waals surface area contributed by atoms with E-state index in [1.54, 1.807) is 19.1 Å². The lowest BCUT2D eigenvalue weighted by atomic mass is 10.1. The van der Waals surface area contributed by atoms with Crippen LogP contribution in [0.2, 0.25) is 0 Å². The van der Waals surface area contributed by atoms with Crippen LogP contribution in [0.5, 0.6) is 0 Å². The lowest BCUT2D eigenvalue weighted by Gasteiger charge is -2.04. The highest BCUT2D eigenvalue weighted by Gasteiger charge is 2.10. The van der Waals surface area contributed by atoms with Crippen LogP contribution in [0, 0.1) is 6.92 Å². The van der Waals surface area contributed by atoms with Gasteiger partial charge in [0.1, 0.15) is 5.52 Å². The summed E-state index contributed by atoms with van der Waals surface area (Å²) in [4.78, 5) is 16.3. The first-order chi connectivity index (χ1) is 10.1. The molecule has 0 saturated carbocycles. The summed E-state index contributed by atoms with van der Waals surface area (Å²) in [6.45, 7) is 1.77. The van der Waals surface area contributed by atoms with Gasteiger partial charge in [0.15, 0.2) is 0 Å². The highest BCUT2D eigenvalue weighted by molar-refractivity contribution is 7.99. The Morgan fingerprint density at radius 2 is 1.86 bits per heavy atom. The van der Waals surface area contributed by atoms with Crippen molar-refractivity contribution < 1.29 is 9.90 Å². The van der Waals surface area contributed by atoms with Gasteiger partial charge in [-0.1, -0.05) is 18.2 Å². The van der Waals surface area contributed by atoms with Crippen LogP contribution >= 0.6 is 11.8 Å². The second-order valence-corrected chi connectivity index (χ2v) is 5.51. The van der Waals surface area contributed by atoms with E-state index < -0.39 is 5.97 Å². The number of fused-ring (bicyclic) bond motifs is 1. The molecule has 3 aromatic rings. The van der Waals surface area contributed by atoms with Gasteiger partial charge in [-0.25, -0.2) is 9.78 Å². The molecular weight excluding hydrogens is 286 g/mol. The molecule has 1 heterocycles. The predicted octanol–water partition coefficient (Wildman–Crippen LogP) is 3.18. The topological polar surface area (TPSA) is 76.0 Å². The molecule has 104 valence electrons. The Balaban J connectivity index is 1.94. The van der Waals surface area contributed by atoms with Gasteiger partial charge in [-0.05, 0) is 48.5 Å². The first kappa shape index (κ1) is 13.5. The van der Waals surface area contributed by atoms with Crippen LogP contribution in [0.4, 0.5) is 0 Å². The van der Waals surface area contributed by atoms with E-state index in [2.05, 4.69) is 15.2 Å². The summed E-state index contributed by atoms with van der Waals surface area (Å²) in [5.41, 5.74) is 2.51. The van der Waals surface area contributed by atoms with Crippen molar-refractivity contribution in [2.75, 3.05) is 0 Å². The van der Waals surface area contributed by atoms with Gasteiger partial charge in [-0.15, -0.1) is 10.2 Å². The van der Waals surface area contributed by atoms with E-state index in [0.717, 1.165) is 21.5 Å². The van der Waals surface area contributed by atoms with Gasteiger partial charge in [-0.2, -0.15) is 0 Å². The number of aryl methyl sites for hydroxylation is 1. The van der Waals surface area contributed by atoms with Crippen LogP contribution in [0.1, 0.15) is 15.9 Å². The predicted molar refractivity (Wildman–Crippen MR) is 79.6 cm³/mol. The minimum Gasteiger partial charge on any atom is -0.478 e. The van der Waals surface area contributed by atoms with E-state index in [1.807, 2.05) is 30.3 Å². The zero-order chi connectivity index (χ0) is 14.8. The number of para-hydroxylation sites is 1. The number of aromatic carboxylic acids is 1. The van der Waals surface area contributed by atoms with Gasteiger partial charge in [0.25, 0.3) is 0 Å². The van der Waals surface area contributed by atoms with Crippen molar-refractivity contribution >= 4 is 28.8 Å². The molecular formula is C15H11N3O2S. The molecule has 3 rings (SSSR count). The summed E-state index contributed by atoms with van der Waals surface area (Å²) < 4.78 is 0. The standard InChI is InChI=1S/C15H11N3O2S/c1-9-6-7-10(8-11(9)14(19)20)21-15-16-12-4-2-3-5-13(12)17-18-15/h2-8H,1H3,(H,19,20). The molecule has 1 N–H and O–H groups in total. The molecule has 2 aromatic carbocycles. The first-order valence-corrected chi connectivity index (χ1v) is 7.06. The fourth-order valence-electron chi connectivity index (χ4n) is 1.91. The Labute approximate surface area is 125 Å². The number of benzene rings is 2. The summed E-state index contributed by atoms with van der Waals surface area (Å²) in [5.74, 6) is -0.937. The Morgan fingerprint density at radius 3 is 2.62 bits per heavy atom. The van der Waals surface area contributed by atoms with Gasteiger partial charge in [-0.3, -0.25) is 0 Å². The van der Waals surface area contributed by atoms with E-state index >= 15 is 0 Å². The molecule has 1 aromatic heterocycles. The third kappa shape index (κ3) is 2.85. The van der Waals surface area contributed by atoms with Crippen molar-refractivity contribution in [3.8, 4) is 0 Å². The normalized spacial score (nSPS) is 10.7. The summed E-state index contributed by atoms with van der Waals surface area (Å²) in [7, 11) is 0. The highest BCUT2D eigenvalue weighted by atomic mass is 32.2. The molecule has 0 unspecified atom stereocenters. The summed E-state index contributed by atoms with van der Waals surface area (Å²) in [6, 6.07) is 12.7. The molecule has 0 aliphatic rings. The zero-order valence-corrected chi connectivity index (χ0v) is 12.0. The van der Waals surface area contributed by atoms with Crippen LogP contribution in [0.3, 0.4) is 0 Å². The maximum atomic E-state index is 11.1. The lowest BCUT2D eigenvalue weighted by molar-refractivity contribution is 0.0696. The van der Waals surface area contributed by atoms with Crippen LogP contribution in [-0.4, -0.2) is 26.3 Å². The molecule has 5 nitrogen and oxygen atoms in total. The van der Waals surface area contributed by atoms with Crippen LogP contribution in [0.25, 0.3) is 11.0 Å². The van der Waals surface area contributed by atoms with Crippen molar-refractivity contribution in [2.45, 2.75) is 17.0 Å². The largest absolute Gasteiger partial charge is 0.478 e. The van der Waals surface area contributed by atoms with E-state index in [0.29, 0.717) is 5.16 Å². The molecule has 0 radical (unpaired) electrons. The molecule has 0 fully saturated rings. The van der Waals surface area contributed by atoms with Gasteiger partial charge in [0.05, 0.1) is 11.1 Å². The first-order valence-electron chi connectivity index (χ1n) is 6.25. The summed E-state index contributed by atoms with van der Waals surface area (Å²) >= 11 is 1.29. The quantitative estimate of drug-likeness (QED) is 0.800. The minimum absolute atomic E-state index is 0.286. The molecule has 0 aliphatic carbocycles. The molecule has 21 heavy (non-hydrogen) atoms. The van der Waals surface area contributed by atoms with Crippen molar-refractivity contribution in [1.29, 1.82) is 0 Å². The third-order valence-corrected chi connectivity index (χ3v) is 3.83. The number of hydrogen-bond acceptors (Lipinski definition) is 5. The van der Waals surface area contributed by atoms with Crippen molar-refractivity contribution in [2.24, 2.45) is 0 Å². The fraction of sp³-hybridized carbons (Fsp3) is 0.0667. The highest BCUT2D eigenvalue weighted by Crippen LogP contribution is 2.27. The lowest BCUT2D eigenvalue weighted by Crippen LogP contribution is -1.99. The van der Waals surface area contributed by atoms with Gasteiger partial charge < -0.3 is 5.11 Å². The van der Waals surface area contributed by atoms with Crippen molar-refractivity contribution in [1.82, 2.24) is 15.2 Å². The van der Waals surface area contributed by atoms with Crippen LogP contribution in [0.15, 0.2) is 52.5 Å². The number of carbonyl (C=O) groups is 1. The van der Waals surface area contributed by atoms with E-state index in [9.17, 15) is 4.79 Å². The number of aromatic nitrogens is 3. The number of hydrogen-bond donors (Lipinski definition) is 1. The number of rotatable bonds is 3. The van der Waals surface area contributed by atoms with Crippen LogP contribution in [-0.2, 0) is 0 Å². The Hall–Kier alpha value is -2.47. The van der Waals surface area contributed by atoms with Crippen LogP contribution < -0.4 is 0 Å². The zero-order valence-electron chi connectivity index (χ0n) is 11.1. The van der Waals surface area contributed by atoms with E-state index in [-0.39, 0.29) is 5.56 Å². The van der Waals surface area contributed by atoms with Gasteiger partial charge in [0, 0.05) is 4.90 Å².